The molecule has 1 amide bonds. The van der Waals surface area contributed by atoms with Gasteiger partial charge in [-0.25, -0.2) is 0 Å². The molecule has 4 aromatic rings. The zero-order chi connectivity index (χ0) is 21.3. The average molecular weight is 406 g/mol. The Morgan fingerprint density at radius 1 is 1.23 bits per heavy atom. The van der Waals surface area contributed by atoms with Crippen LogP contribution in [0.1, 0.15) is 36.1 Å². The molecule has 1 aromatic carbocycles. The van der Waals surface area contributed by atoms with Crippen LogP contribution in [0.4, 0.5) is 5.69 Å². The molecule has 0 saturated carbocycles. The lowest BCUT2D eigenvalue weighted by molar-refractivity contribution is -0.384. The summed E-state index contributed by atoms with van der Waals surface area (Å²) in [6.45, 7) is 3.84. The van der Waals surface area contributed by atoms with Crippen LogP contribution >= 0.6 is 0 Å². The van der Waals surface area contributed by atoms with E-state index < -0.39 is 16.9 Å². The van der Waals surface area contributed by atoms with Crippen molar-refractivity contribution in [2.45, 2.75) is 19.9 Å². The van der Waals surface area contributed by atoms with Crippen molar-refractivity contribution in [2.75, 3.05) is 0 Å². The van der Waals surface area contributed by atoms with Crippen molar-refractivity contribution in [1.29, 1.82) is 0 Å². The zero-order valence-corrected chi connectivity index (χ0v) is 16.2. The van der Waals surface area contributed by atoms with Gasteiger partial charge in [-0.2, -0.15) is 4.98 Å². The van der Waals surface area contributed by atoms with Gasteiger partial charge in [0.25, 0.3) is 11.6 Å². The summed E-state index contributed by atoms with van der Waals surface area (Å²) in [6, 6.07) is 7.32. The first-order valence-corrected chi connectivity index (χ1v) is 9.24. The Kier molecular flexibility index (Phi) is 4.97. The molecule has 0 bridgehead atoms. The lowest BCUT2D eigenvalue weighted by Crippen LogP contribution is -2.31. The Hall–Kier alpha value is -4.08. The summed E-state index contributed by atoms with van der Waals surface area (Å²) in [6.07, 6.45) is 4.78. The summed E-state index contributed by atoms with van der Waals surface area (Å²) in [4.78, 5) is 34.9. The molecule has 0 fully saturated rings. The quantitative estimate of drug-likeness (QED) is 0.368. The Balaban J connectivity index is 1.62. The van der Waals surface area contributed by atoms with Gasteiger partial charge in [-0.3, -0.25) is 19.9 Å². The molecule has 0 aliphatic carbocycles. The van der Waals surface area contributed by atoms with E-state index in [1.807, 2.05) is 13.8 Å². The number of hydrogen-bond donors (Lipinski definition) is 2. The minimum Gasteiger partial charge on any atom is -0.360 e. The number of nitro benzene ring substituents is 1. The molecule has 4 rings (SSSR count). The first-order valence-electron chi connectivity index (χ1n) is 9.24. The zero-order valence-electron chi connectivity index (χ0n) is 16.2. The Labute approximate surface area is 170 Å². The number of benzene rings is 1. The average Bonchev–Trinajstić information content (AvgIpc) is 3.39. The van der Waals surface area contributed by atoms with Crippen molar-refractivity contribution < 1.29 is 14.2 Å². The van der Waals surface area contributed by atoms with Gasteiger partial charge in [0, 0.05) is 47.2 Å². The van der Waals surface area contributed by atoms with Gasteiger partial charge in [-0.05, 0) is 24.1 Å². The molecule has 10 nitrogen and oxygen atoms in total. The van der Waals surface area contributed by atoms with Crippen molar-refractivity contribution in [3.63, 3.8) is 0 Å². The van der Waals surface area contributed by atoms with Gasteiger partial charge in [-0.15, -0.1) is 0 Å². The van der Waals surface area contributed by atoms with E-state index >= 15 is 0 Å². The van der Waals surface area contributed by atoms with Crippen molar-refractivity contribution >= 4 is 22.5 Å². The van der Waals surface area contributed by atoms with Gasteiger partial charge >= 0.3 is 0 Å². The van der Waals surface area contributed by atoms with E-state index in [0.29, 0.717) is 22.3 Å². The normalized spacial score (nSPS) is 12.2. The maximum atomic E-state index is 13.0. The molecule has 0 aliphatic heterocycles. The van der Waals surface area contributed by atoms with E-state index in [0.717, 1.165) is 5.56 Å². The van der Waals surface area contributed by atoms with Gasteiger partial charge in [0.15, 0.2) is 0 Å². The summed E-state index contributed by atoms with van der Waals surface area (Å²) in [5.41, 5.74) is 1.59. The summed E-state index contributed by atoms with van der Waals surface area (Å²) < 4.78 is 5.41. The molecule has 10 heteroatoms. The molecule has 3 aromatic heterocycles. The van der Waals surface area contributed by atoms with Gasteiger partial charge in [0.2, 0.25) is 11.7 Å². The van der Waals surface area contributed by atoms with Crippen LogP contribution in [0.2, 0.25) is 0 Å². The van der Waals surface area contributed by atoms with Crippen LogP contribution in [-0.4, -0.2) is 30.9 Å². The van der Waals surface area contributed by atoms with Crippen LogP contribution in [0, 0.1) is 16.0 Å². The second-order valence-electron chi connectivity index (χ2n) is 7.08. The maximum Gasteiger partial charge on any atom is 0.270 e. The van der Waals surface area contributed by atoms with Crippen molar-refractivity contribution in [3.8, 4) is 11.4 Å². The number of nitro groups is 1. The predicted molar refractivity (Wildman–Crippen MR) is 108 cm³/mol. The number of aromatic nitrogens is 4. The van der Waals surface area contributed by atoms with E-state index in [-0.39, 0.29) is 17.5 Å². The second-order valence-corrected chi connectivity index (χ2v) is 7.08. The summed E-state index contributed by atoms with van der Waals surface area (Å²) in [5.74, 6) is 0.231. The van der Waals surface area contributed by atoms with E-state index in [9.17, 15) is 14.9 Å². The third-order valence-corrected chi connectivity index (χ3v) is 4.72. The highest BCUT2D eigenvalue weighted by Gasteiger charge is 2.26. The number of nitrogens with one attached hydrogen (secondary N) is 2. The number of amides is 1. The van der Waals surface area contributed by atoms with Gasteiger partial charge in [-0.1, -0.05) is 19.0 Å². The minimum atomic E-state index is -0.538. The van der Waals surface area contributed by atoms with Crippen LogP contribution in [0.25, 0.3) is 22.3 Å². The monoisotopic (exact) mass is 406 g/mol. The minimum absolute atomic E-state index is 0.0424. The van der Waals surface area contributed by atoms with E-state index in [1.54, 1.807) is 30.6 Å². The second kappa shape index (κ2) is 7.74. The summed E-state index contributed by atoms with van der Waals surface area (Å²) in [7, 11) is 0. The van der Waals surface area contributed by atoms with Crippen molar-refractivity contribution in [2.24, 2.45) is 5.92 Å². The van der Waals surface area contributed by atoms with Gasteiger partial charge in [0.1, 0.15) is 6.04 Å². The maximum absolute atomic E-state index is 13.0. The van der Waals surface area contributed by atoms with Gasteiger partial charge < -0.3 is 14.8 Å². The molecule has 0 saturated heterocycles. The van der Waals surface area contributed by atoms with Crippen LogP contribution in [-0.2, 0) is 0 Å². The fraction of sp³-hybridized carbons (Fsp3) is 0.200. The molecular weight excluding hydrogens is 388 g/mol. The molecule has 0 radical (unpaired) electrons. The number of aromatic amines is 1. The number of H-pyrrole nitrogens is 1. The standard InChI is InChI=1S/C20H18N6O4/c1-11(2)17(20-24-18(25-30-20)12-5-7-21-8-6-12)23-19(27)15-10-22-16-4-3-13(26(28)29)9-14(15)16/h3-11,17,22H,1-2H3,(H,23,27). The number of pyridine rings is 1. The van der Waals surface area contributed by atoms with Crippen LogP contribution in [0.15, 0.2) is 53.4 Å². The van der Waals surface area contributed by atoms with Crippen LogP contribution in [0.5, 0.6) is 0 Å². The number of rotatable bonds is 6. The number of fused-ring (bicyclic) bond motifs is 1. The molecule has 152 valence electrons. The molecular formula is C20H18N6O4. The van der Waals surface area contributed by atoms with Crippen LogP contribution < -0.4 is 5.32 Å². The van der Waals surface area contributed by atoms with Crippen molar-refractivity contribution in [1.82, 2.24) is 25.4 Å². The smallest absolute Gasteiger partial charge is 0.270 e. The highest BCUT2D eigenvalue weighted by molar-refractivity contribution is 6.07. The molecule has 2 N–H and O–H groups in total. The molecule has 3 heterocycles. The van der Waals surface area contributed by atoms with E-state index in [4.69, 9.17) is 4.52 Å². The van der Waals surface area contributed by atoms with E-state index in [1.165, 1.54) is 18.3 Å². The Morgan fingerprint density at radius 2 is 2.00 bits per heavy atom. The largest absolute Gasteiger partial charge is 0.360 e. The lowest BCUT2D eigenvalue weighted by Gasteiger charge is -2.18. The highest BCUT2D eigenvalue weighted by atomic mass is 16.6. The Bertz CT molecular complexity index is 1210. The number of carbonyl (C=O) groups is 1. The Morgan fingerprint density at radius 3 is 2.70 bits per heavy atom. The first kappa shape index (κ1) is 19.2. The molecule has 1 unspecified atom stereocenters. The van der Waals surface area contributed by atoms with Crippen molar-refractivity contribution in [3.05, 3.63) is 70.5 Å². The fourth-order valence-electron chi connectivity index (χ4n) is 3.12. The fourth-order valence-corrected chi connectivity index (χ4v) is 3.12. The third-order valence-electron chi connectivity index (χ3n) is 4.72. The van der Waals surface area contributed by atoms with Gasteiger partial charge in [0.05, 0.1) is 10.5 Å². The number of hydrogen-bond acceptors (Lipinski definition) is 7. The number of nitrogens with zero attached hydrogens (tertiary/aromatic N) is 4. The lowest BCUT2D eigenvalue weighted by atomic mass is 10.0. The first-order chi connectivity index (χ1) is 14.4. The summed E-state index contributed by atoms with van der Waals surface area (Å²) >= 11 is 0. The topological polar surface area (TPSA) is 140 Å². The number of carbonyl (C=O) groups excluding carboxylic acids is 1. The molecule has 1 atom stereocenters. The summed E-state index contributed by atoms with van der Waals surface area (Å²) in [5, 5.41) is 18.4. The molecule has 30 heavy (non-hydrogen) atoms. The number of non-ortho nitro benzene ring substituents is 1. The predicted octanol–water partition coefficient (Wildman–Crippen LogP) is 3.65. The SMILES string of the molecule is CC(C)C(NC(=O)c1c[nH]c2ccc([N+](=O)[O-])cc12)c1nc(-c2ccncc2)no1. The molecule has 0 aliphatic rings. The third kappa shape index (κ3) is 3.62. The highest BCUT2D eigenvalue weighted by Crippen LogP contribution is 2.27. The van der Waals surface area contributed by atoms with Crippen LogP contribution in [0.3, 0.4) is 0 Å². The van der Waals surface area contributed by atoms with E-state index in [2.05, 4.69) is 25.4 Å². The molecule has 0 spiro atoms.